The number of likely N-dealkylation sites (tertiary alicyclic amines) is 1. The molecule has 0 bridgehead atoms. The smallest absolute Gasteiger partial charge is 0.242 e. The number of hydrogen-bond donors (Lipinski definition) is 1. The van der Waals surface area contributed by atoms with Crippen LogP contribution in [-0.2, 0) is 9.53 Å². The lowest BCUT2D eigenvalue weighted by Gasteiger charge is -2.37. The lowest BCUT2D eigenvalue weighted by Crippen LogP contribution is -2.55. The van der Waals surface area contributed by atoms with E-state index in [0.29, 0.717) is 12.5 Å². The third-order valence-corrected chi connectivity index (χ3v) is 3.87. The molecule has 1 N–H and O–H groups in total. The number of hydrogen-bond acceptors (Lipinski definition) is 3. The molecule has 5 heteroatoms. The molecule has 3 atom stereocenters. The van der Waals surface area contributed by atoms with Crippen LogP contribution in [0.3, 0.4) is 0 Å². The van der Waals surface area contributed by atoms with Gasteiger partial charge in [0.1, 0.15) is 6.04 Å². The maximum absolute atomic E-state index is 12.2. The quantitative estimate of drug-likeness (QED) is 0.764. The van der Waals surface area contributed by atoms with Crippen LogP contribution in [0.1, 0.15) is 20.3 Å². The van der Waals surface area contributed by atoms with Crippen LogP contribution in [0.4, 0.5) is 0 Å². The molecule has 2 saturated heterocycles. The van der Waals surface area contributed by atoms with Crippen molar-refractivity contribution in [1.29, 1.82) is 0 Å². The molecule has 0 aromatic heterocycles. The maximum atomic E-state index is 12.2. The Balaban J connectivity index is 0.00000144. The molecule has 0 saturated carbocycles. The first kappa shape index (κ1) is 14.7. The van der Waals surface area contributed by atoms with Crippen LogP contribution in [0.2, 0.25) is 0 Å². The molecular weight excluding hydrogens is 240 g/mol. The van der Waals surface area contributed by atoms with Crippen molar-refractivity contribution in [1.82, 2.24) is 10.2 Å². The van der Waals surface area contributed by atoms with Crippen molar-refractivity contribution in [2.24, 2.45) is 11.8 Å². The summed E-state index contributed by atoms with van der Waals surface area (Å²) in [7, 11) is 0. The van der Waals surface area contributed by atoms with Gasteiger partial charge in [-0.1, -0.05) is 13.8 Å². The highest BCUT2D eigenvalue weighted by Crippen LogP contribution is 2.22. The van der Waals surface area contributed by atoms with Crippen molar-refractivity contribution < 1.29 is 9.53 Å². The van der Waals surface area contributed by atoms with E-state index in [1.54, 1.807) is 0 Å². The number of carbonyl (C=O) groups is 1. The van der Waals surface area contributed by atoms with Gasteiger partial charge in [-0.25, -0.2) is 0 Å². The standard InChI is InChI=1S/C12H22N2O2.ClH/c1-9-3-5-14(7-10(9)2)12(15)11-8-16-6-4-13-11;/h9-11,13H,3-8H2,1-2H3;1H. The zero-order valence-corrected chi connectivity index (χ0v) is 11.5. The summed E-state index contributed by atoms with van der Waals surface area (Å²) in [5.74, 6) is 1.57. The van der Waals surface area contributed by atoms with E-state index in [2.05, 4.69) is 19.2 Å². The van der Waals surface area contributed by atoms with E-state index in [1.165, 1.54) is 0 Å². The lowest BCUT2D eigenvalue weighted by molar-refractivity contribution is -0.138. The summed E-state index contributed by atoms with van der Waals surface area (Å²) in [6, 6.07) is -0.116. The number of piperidine rings is 1. The number of rotatable bonds is 1. The average Bonchev–Trinajstić information content (AvgIpc) is 2.33. The van der Waals surface area contributed by atoms with E-state index in [0.717, 1.165) is 38.6 Å². The van der Waals surface area contributed by atoms with Crippen LogP contribution < -0.4 is 5.32 Å². The third kappa shape index (κ3) is 3.57. The van der Waals surface area contributed by atoms with Crippen molar-refractivity contribution in [2.75, 3.05) is 32.8 Å². The topological polar surface area (TPSA) is 41.6 Å². The SMILES string of the molecule is CC1CCN(C(=O)C2COCCN2)CC1C.Cl. The predicted octanol–water partition coefficient (Wildman–Crippen LogP) is 0.901. The molecule has 2 rings (SSSR count). The van der Waals surface area contributed by atoms with Crippen molar-refractivity contribution in [3.63, 3.8) is 0 Å². The molecule has 2 aliphatic rings. The second-order valence-corrected chi connectivity index (χ2v) is 5.11. The third-order valence-electron chi connectivity index (χ3n) is 3.87. The number of carbonyl (C=O) groups excluding carboxylic acids is 1. The number of nitrogens with one attached hydrogen (secondary N) is 1. The van der Waals surface area contributed by atoms with Gasteiger partial charge in [0.05, 0.1) is 13.2 Å². The zero-order valence-electron chi connectivity index (χ0n) is 10.6. The highest BCUT2D eigenvalue weighted by atomic mass is 35.5. The molecule has 0 spiro atoms. The minimum Gasteiger partial charge on any atom is -0.378 e. The predicted molar refractivity (Wildman–Crippen MR) is 69.4 cm³/mol. The van der Waals surface area contributed by atoms with Crippen LogP contribution >= 0.6 is 12.4 Å². The van der Waals surface area contributed by atoms with E-state index in [1.807, 2.05) is 4.90 Å². The van der Waals surface area contributed by atoms with Crippen molar-refractivity contribution in [2.45, 2.75) is 26.3 Å². The summed E-state index contributed by atoms with van der Waals surface area (Å²) in [5, 5.41) is 3.23. The molecule has 2 heterocycles. The van der Waals surface area contributed by atoms with Gasteiger partial charge in [-0.2, -0.15) is 0 Å². The number of ether oxygens (including phenoxy) is 1. The van der Waals surface area contributed by atoms with Crippen LogP contribution in [0.15, 0.2) is 0 Å². The van der Waals surface area contributed by atoms with Crippen LogP contribution in [0.25, 0.3) is 0 Å². The van der Waals surface area contributed by atoms with Gasteiger partial charge >= 0.3 is 0 Å². The number of halogens is 1. The van der Waals surface area contributed by atoms with Gasteiger partial charge in [0, 0.05) is 19.6 Å². The Morgan fingerprint density at radius 3 is 2.71 bits per heavy atom. The highest BCUT2D eigenvalue weighted by molar-refractivity contribution is 5.85. The molecule has 17 heavy (non-hydrogen) atoms. The second kappa shape index (κ2) is 6.57. The van der Waals surface area contributed by atoms with Crippen molar-refractivity contribution in [3.05, 3.63) is 0 Å². The summed E-state index contributed by atoms with van der Waals surface area (Å²) in [4.78, 5) is 14.2. The number of amides is 1. The minimum atomic E-state index is -0.116. The Kier molecular flexibility index (Phi) is 5.70. The average molecular weight is 263 g/mol. The molecule has 100 valence electrons. The monoisotopic (exact) mass is 262 g/mol. The summed E-state index contributed by atoms with van der Waals surface area (Å²) >= 11 is 0. The molecule has 0 aromatic carbocycles. The zero-order chi connectivity index (χ0) is 11.5. The van der Waals surface area contributed by atoms with Gasteiger partial charge in [0.25, 0.3) is 0 Å². The fourth-order valence-corrected chi connectivity index (χ4v) is 2.41. The van der Waals surface area contributed by atoms with Crippen LogP contribution in [0.5, 0.6) is 0 Å². The van der Waals surface area contributed by atoms with E-state index in [4.69, 9.17) is 4.74 Å². The molecule has 0 radical (unpaired) electrons. The van der Waals surface area contributed by atoms with Crippen LogP contribution in [-0.4, -0.2) is 49.7 Å². The molecule has 1 amide bonds. The molecule has 2 fully saturated rings. The Morgan fingerprint density at radius 1 is 1.35 bits per heavy atom. The van der Waals surface area contributed by atoms with Crippen molar-refractivity contribution in [3.8, 4) is 0 Å². The fraction of sp³-hybridized carbons (Fsp3) is 0.917. The first-order valence-corrected chi connectivity index (χ1v) is 6.28. The summed E-state index contributed by atoms with van der Waals surface area (Å²) in [5.41, 5.74) is 0. The first-order valence-electron chi connectivity index (χ1n) is 6.28. The van der Waals surface area contributed by atoms with E-state index < -0.39 is 0 Å². The maximum Gasteiger partial charge on any atom is 0.242 e. The Bertz CT molecular complexity index is 257. The number of morpholine rings is 1. The largest absolute Gasteiger partial charge is 0.378 e. The molecule has 2 aliphatic heterocycles. The van der Waals surface area contributed by atoms with Crippen LogP contribution in [0, 0.1) is 11.8 Å². The highest BCUT2D eigenvalue weighted by Gasteiger charge is 2.31. The molecule has 4 nitrogen and oxygen atoms in total. The molecule has 0 aliphatic carbocycles. The van der Waals surface area contributed by atoms with E-state index in [-0.39, 0.29) is 24.4 Å². The van der Waals surface area contributed by atoms with E-state index >= 15 is 0 Å². The normalized spacial score (nSPS) is 34.0. The number of nitrogens with zero attached hydrogens (tertiary/aromatic N) is 1. The Morgan fingerprint density at radius 2 is 2.12 bits per heavy atom. The van der Waals surface area contributed by atoms with Gasteiger partial charge in [-0.15, -0.1) is 12.4 Å². The first-order chi connectivity index (χ1) is 7.68. The Hall–Kier alpha value is -0.320. The lowest BCUT2D eigenvalue weighted by atomic mass is 9.88. The Labute approximate surface area is 109 Å². The summed E-state index contributed by atoms with van der Waals surface area (Å²) in [6.07, 6.45) is 1.13. The minimum absolute atomic E-state index is 0. The van der Waals surface area contributed by atoms with E-state index in [9.17, 15) is 4.79 Å². The fourth-order valence-electron chi connectivity index (χ4n) is 2.41. The molecule has 0 aromatic rings. The van der Waals surface area contributed by atoms with Gasteiger partial charge in [-0.3, -0.25) is 4.79 Å². The summed E-state index contributed by atoms with van der Waals surface area (Å²) in [6.45, 7) is 8.34. The summed E-state index contributed by atoms with van der Waals surface area (Å²) < 4.78 is 5.33. The van der Waals surface area contributed by atoms with Gasteiger partial charge in [0.2, 0.25) is 5.91 Å². The van der Waals surface area contributed by atoms with Crippen molar-refractivity contribution >= 4 is 18.3 Å². The van der Waals surface area contributed by atoms with Gasteiger partial charge in [-0.05, 0) is 18.3 Å². The molecular formula is C12H23ClN2O2. The van der Waals surface area contributed by atoms with Gasteiger partial charge in [0.15, 0.2) is 0 Å². The molecule has 3 unspecified atom stereocenters. The van der Waals surface area contributed by atoms with Gasteiger partial charge < -0.3 is 15.0 Å². The second-order valence-electron chi connectivity index (χ2n) is 5.11.